The summed E-state index contributed by atoms with van der Waals surface area (Å²) in [5.74, 6) is 0. The number of benzene rings is 1. The fraction of sp³-hybridized carbons (Fsp3) is 0.650. The molecule has 1 aromatic rings. The standard InChI is InChI=1S/C20H29NO7/c1-20(2,3)28-19(23)21-10-15(26-12-24-4)16(22)17-14(21)11-25-18(27-17)13-8-6-5-7-9-13/h5-9,14-18,22H,10-12H2,1-4H3/t14-,15+,16-,17-,18-/m1/s1. The Morgan fingerprint density at radius 1 is 1.29 bits per heavy atom. The minimum absolute atomic E-state index is 0.000113. The van der Waals surface area contributed by atoms with E-state index in [0.29, 0.717) is 0 Å². The predicted molar refractivity (Wildman–Crippen MR) is 99.5 cm³/mol. The van der Waals surface area contributed by atoms with E-state index in [4.69, 9.17) is 23.7 Å². The van der Waals surface area contributed by atoms with Gasteiger partial charge in [-0.3, -0.25) is 4.90 Å². The number of amides is 1. The molecular weight excluding hydrogens is 366 g/mol. The molecule has 0 unspecified atom stereocenters. The first-order chi connectivity index (χ1) is 13.3. The summed E-state index contributed by atoms with van der Waals surface area (Å²) in [4.78, 5) is 14.3. The fourth-order valence-corrected chi connectivity index (χ4v) is 3.40. The number of hydrogen-bond acceptors (Lipinski definition) is 7. The Hall–Kier alpha value is -1.71. The molecule has 1 N–H and O–H groups in total. The first-order valence-electron chi connectivity index (χ1n) is 9.40. The summed E-state index contributed by atoms with van der Waals surface area (Å²) in [5.41, 5.74) is 0.200. The number of likely N-dealkylation sites (tertiary alicyclic amines) is 1. The summed E-state index contributed by atoms with van der Waals surface area (Å²) >= 11 is 0. The van der Waals surface area contributed by atoms with E-state index in [1.807, 2.05) is 30.3 Å². The van der Waals surface area contributed by atoms with E-state index >= 15 is 0 Å². The number of hydrogen-bond donors (Lipinski definition) is 1. The third kappa shape index (κ3) is 4.82. The molecule has 28 heavy (non-hydrogen) atoms. The molecule has 0 aliphatic carbocycles. The van der Waals surface area contributed by atoms with Gasteiger partial charge in [0.2, 0.25) is 0 Å². The average molecular weight is 395 g/mol. The second kappa shape index (κ2) is 8.75. The molecule has 5 atom stereocenters. The number of nitrogens with zero attached hydrogens (tertiary/aromatic N) is 1. The molecule has 2 aliphatic heterocycles. The highest BCUT2D eigenvalue weighted by Gasteiger charge is 2.50. The van der Waals surface area contributed by atoms with Gasteiger partial charge in [-0.05, 0) is 20.8 Å². The maximum atomic E-state index is 12.8. The smallest absolute Gasteiger partial charge is 0.410 e. The molecule has 0 saturated carbocycles. The van der Waals surface area contributed by atoms with Crippen molar-refractivity contribution in [1.82, 2.24) is 4.90 Å². The van der Waals surface area contributed by atoms with Gasteiger partial charge in [-0.15, -0.1) is 0 Å². The topological polar surface area (TPSA) is 86.7 Å². The zero-order valence-electron chi connectivity index (χ0n) is 16.7. The minimum Gasteiger partial charge on any atom is -0.444 e. The quantitative estimate of drug-likeness (QED) is 0.781. The maximum Gasteiger partial charge on any atom is 0.410 e. The molecule has 2 heterocycles. The molecule has 0 aromatic heterocycles. The highest BCUT2D eigenvalue weighted by molar-refractivity contribution is 5.69. The molecule has 8 nitrogen and oxygen atoms in total. The molecule has 0 bridgehead atoms. The normalized spacial score (nSPS) is 30.6. The molecule has 0 radical (unpaired) electrons. The second-order valence-electron chi connectivity index (χ2n) is 7.98. The van der Waals surface area contributed by atoms with Crippen LogP contribution in [0.15, 0.2) is 30.3 Å². The van der Waals surface area contributed by atoms with Gasteiger partial charge in [-0.1, -0.05) is 30.3 Å². The summed E-state index contributed by atoms with van der Waals surface area (Å²) in [6.45, 7) is 5.79. The molecule has 2 saturated heterocycles. The van der Waals surface area contributed by atoms with Crippen LogP contribution in [0.5, 0.6) is 0 Å². The van der Waals surface area contributed by atoms with Gasteiger partial charge in [-0.25, -0.2) is 4.79 Å². The Bertz CT molecular complexity index is 648. The minimum atomic E-state index is -0.936. The van der Waals surface area contributed by atoms with Crippen molar-refractivity contribution < 1.29 is 33.6 Å². The second-order valence-corrected chi connectivity index (χ2v) is 7.98. The van der Waals surface area contributed by atoms with Crippen LogP contribution in [0.3, 0.4) is 0 Å². The Labute approximate surface area is 165 Å². The molecule has 8 heteroatoms. The lowest BCUT2D eigenvalue weighted by Gasteiger charge is -2.49. The van der Waals surface area contributed by atoms with Crippen molar-refractivity contribution >= 4 is 6.09 Å². The number of carbonyl (C=O) groups is 1. The van der Waals surface area contributed by atoms with Crippen LogP contribution in [0.25, 0.3) is 0 Å². The Morgan fingerprint density at radius 3 is 2.64 bits per heavy atom. The van der Waals surface area contributed by atoms with Gasteiger partial charge >= 0.3 is 6.09 Å². The largest absolute Gasteiger partial charge is 0.444 e. The van der Waals surface area contributed by atoms with Crippen molar-refractivity contribution in [3.05, 3.63) is 35.9 Å². The summed E-state index contributed by atoms with van der Waals surface area (Å²) in [7, 11) is 1.50. The molecule has 0 spiro atoms. The highest BCUT2D eigenvalue weighted by Crippen LogP contribution is 2.34. The van der Waals surface area contributed by atoms with E-state index in [1.54, 1.807) is 20.8 Å². The zero-order chi connectivity index (χ0) is 20.3. The molecule has 3 rings (SSSR count). The van der Waals surface area contributed by atoms with E-state index in [2.05, 4.69) is 0 Å². The van der Waals surface area contributed by atoms with Crippen LogP contribution in [-0.2, 0) is 23.7 Å². The van der Waals surface area contributed by atoms with Crippen molar-refractivity contribution in [1.29, 1.82) is 0 Å². The van der Waals surface area contributed by atoms with Crippen LogP contribution < -0.4 is 0 Å². The van der Waals surface area contributed by atoms with Crippen molar-refractivity contribution in [2.45, 2.75) is 57.0 Å². The number of ether oxygens (including phenoxy) is 5. The highest BCUT2D eigenvalue weighted by atomic mass is 16.7. The van der Waals surface area contributed by atoms with Gasteiger partial charge in [0.05, 0.1) is 19.2 Å². The van der Waals surface area contributed by atoms with Gasteiger partial charge < -0.3 is 28.8 Å². The predicted octanol–water partition coefficient (Wildman–Crippen LogP) is 2.07. The average Bonchev–Trinajstić information content (AvgIpc) is 2.66. The molecular formula is C20H29NO7. The van der Waals surface area contributed by atoms with E-state index in [9.17, 15) is 9.90 Å². The van der Waals surface area contributed by atoms with E-state index < -0.39 is 42.3 Å². The summed E-state index contributed by atoms with van der Waals surface area (Å²) in [6.07, 6.45) is -3.40. The molecule has 1 amide bonds. The van der Waals surface area contributed by atoms with E-state index in [1.165, 1.54) is 12.0 Å². The lowest BCUT2D eigenvalue weighted by Crippen LogP contribution is -2.67. The third-order valence-electron chi connectivity index (χ3n) is 4.67. The van der Waals surface area contributed by atoms with Crippen LogP contribution in [-0.4, -0.2) is 73.1 Å². The first-order valence-corrected chi connectivity index (χ1v) is 9.40. The first kappa shape index (κ1) is 21.0. The molecule has 1 aromatic carbocycles. The third-order valence-corrected chi connectivity index (χ3v) is 4.67. The van der Waals surface area contributed by atoms with Crippen molar-refractivity contribution in [3.8, 4) is 0 Å². The van der Waals surface area contributed by atoms with Gasteiger partial charge in [0, 0.05) is 12.7 Å². The van der Waals surface area contributed by atoms with Crippen LogP contribution in [0.4, 0.5) is 4.79 Å². The Kier molecular flexibility index (Phi) is 6.57. The lowest BCUT2D eigenvalue weighted by atomic mass is 9.93. The fourth-order valence-electron chi connectivity index (χ4n) is 3.40. The summed E-state index contributed by atoms with van der Waals surface area (Å²) < 4.78 is 28.0. The summed E-state index contributed by atoms with van der Waals surface area (Å²) in [6, 6.07) is 9.00. The van der Waals surface area contributed by atoms with Gasteiger partial charge in [0.25, 0.3) is 0 Å². The Morgan fingerprint density at radius 2 is 2.00 bits per heavy atom. The lowest BCUT2D eigenvalue weighted by molar-refractivity contribution is -0.291. The number of methoxy groups -OCH3 is 1. The Balaban J connectivity index is 1.80. The van der Waals surface area contributed by atoms with Gasteiger partial charge in [0.15, 0.2) is 6.29 Å². The van der Waals surface area contributed by atoms with Crippen molar-refractivity contribution in [3.63, 3.8) is 0 Å². The van der Waals surface area contributed by atoms with Gasteiger partial charge in [0.1, 0.15) is 30.7 Å². The van der Waals surface area contributed by atoms with Crippen LogP contribution in [0.1, 0.15) is 32.6 Å². The van der Waals surface area contributed by atoms with Crippen molar-refractivity contribution in [2.75, 3.05) is 27.1 Å². The van der Waals surface area contributed by atoms with E-state index in [-0.39, 0.29) is 19.9 Å². The van der Waals surface area contributed by atoms with Crippen LogP contribution in [0, 0.1) is 0 Å². The van der Waals surface area contributed by atoms with Gasteiger partial charge in [-0.2, -0.15) is 0 Å². The number of rotatable bonds is 4. The van der Waals surface area contributed by atoms with Crippen LogP contribution in [0.2, 0.25) is 0 Å². The number of piperidine rings is 1. The number of carbonyl (C=O) groups excluding carboxylic acids is 1. The van der Waals surface area contributed by atoms with Crippen molar-refractivity contribution in [2.24, 2.45) is 0 Å². The number of aliphatic hydroxyl groups excluding tert-OH is 1. The SMILES string of the molecule is COCO[C@H]1CN(C(=O)OC(C)(C)C)[C@@H]2CO[C@@H](c3ccccc3)O[C@H]2[C@@H]1O. The molecule has 156 valence electrons. The zero-order valence-corrected chi connectivity index (χ0v) is 16.7. The maximum absolute atomic E-state index is 12.8. The monoisotopic (exact) mass is 395 g/mol. The number of fused-ring (bicyclic) bond motifs is 1. The van der Waals surface area contributed by atoms with Crippen LogP contribution >= 0.6 is 0 Å². The van der Waals surface area contributed by atoms with E-state index in [0.717, 1.165) is 5.56 Å². The summed E-state index contributed by atoms with van der Waals surface area (Å²) in [5, 5.41) is 10.8. The number of aliphatic hydroxyl groups is 1. The molecule has 2 aliphatic rings. The molecule has 2 fully saturated rings.